The number of nitrogens with zero attached hydrogens (tertiary/aromatic N) is 4. The Kier molecular flexibility index (Phi) is 6.24. The number of carbonyl (C=O) groups excluding carboxylic acids is 1. The van der Waals surface area contributed by atoms with Crippen LogP contribution in [0.25, 0.3) is 22.4 Å². The summed E-state index contributed by atoms with van der Waals surface area (Å²) in [7, 11) is 1.57. The first-order chi connectivity index (χ1) is 17.4. The topological polar surface area (TPSA) is 90.5 Å². The summed E-state index contributed by atoms with van der Waals surface area (Å²) >= 11 is 1.25. The van der Waals surface area contributed by atoms with Crippen LogP contribution < -0.4 is 15.6 Å². The fourth-order valence-electron chi connectivity index (χ4n) is 4.28. The number of rotatable bonds is 6. The van der Waals surface area contributed by atoms with Crippen molar-refractivity contribution in [3.8, 4) is 11.4 Å². The van der Waals surface area contributed by atoms with Crippen LogP contribution in [-0.4, -0.2) is 37.9 Å². The van der Waals surface area contributed by atoms with Crippen LogP contribution in [-0.2, 0) is 4.79 Å². The quantitative estimate of drug-likeness (QED) is 0.341. The van der Waals surface area contributed by atoms with Gasteiger partial charge in [0.2, 0.25) is 11.7 Å². The molecule has 0 radical (unpaired) electrons. The lowest BCUT2D eigenvalue weighted by Crippen LogP contribution is -2.22. The van der Waals surface area contributed by atoms with Gasteiger partial charge in [-0.25, -0.2) is 4.57 Å². The molecule has 36 heavy (non-hydrogen) atoms. The molecule has 0 aliphatic heterocycles. The standard InChI is InChI=1S/C27H25N5O3S/c1-16-9-11-21(18(3)13-16)31-25(34)19-7-5-6-8-22(19)32-26(31)29-30-27(32)36-15-24(33)28-20-14-17(2)10-12-23(20)35-4/h5-14H,15H2,1-4H3,(H,28,33). The maximum atomic E-state index is 13.5. The summed E-state index contributed by atoms with van der Waals surface area (Å²) in [6.45, 7) is 5.93. The Bertz CT molecular complexity index is 1690. The predicted octanol–water partition coefficient (Wildman–Crippen LogP) is 4.70. The molecule has 3 aromatic carbocycles. The Labute approximate surface area is 211 Å². The highest BCUT2D eigenvalue weighted by atomic mass is 32.2. The van der Waals surface area contributed by atoms with Gasteiger partial charge in [0.05, 0.1) is 35.1 Å². The molecule has 0 atom stereocenters. The number of hydrogen-bond donors (Lipinski definition) is 1. The molecule has 5 rings (SSSR count). The number of nitrogens with one attached hydrogen (secondary N) is 1. The third-order valence-electron chi connectivity index (χ3n) is 5.95. The number of benzene rings is 3. The molecule has 0 aliphatic carbocycles. The predicted molar refractivity (Wildman–Crippen MR) is 143 cm³/mol. The number of thioether (sulfide) groups is 1. The summed E-state index contributed by atoms with van der Waals surface area (Å²) in [5.41, 5.74) is 4.95. The lowest BCUT2D eigenvalue weighted by atomic mass is 10.1. The van der Waals surface area contributed by atoms with Gasteiger partial charge >= 0.3 is 0 Å². The van der Waals surface area contributed by atoms with E-state index in [1.54, 1.807) is 17.7 Å². The Morgan fingerprint density at radius 3 is 2.53 bits per heavy atom. The summed E-state index contributed by atoms with van der Waals surface area (Å²) in [5.74, 6) is 0.895. The Balaban J connectivity index is 1.55. The minimum absolute atomic E-state index is 0.106. The first-order valence-corrected chi connectivity index (χ1v) is 12.4. The van der Waals surface area contributed by atoms with E-state index >= 15 is 0 Å². The fraction of sp³-hybridized carbons (Fsp3) is 0.185. The Hall–Kier alpha value is -4.11. The van der Waals surface area contributed by atoms with Crippen LogP contribution in [0.3, 0.4) is 0 Å². The molecule has 0 spiro atoms. The number of amides is 1. The molecule has 8 nitrogen and oxygen atoms in total. The van der Waals surface area contributed by atoms with E-state index in [4.69, 9.17) is 4.74 Å². The molecule has 1 amide bonds. The van der Waals surface area contributed by atoms with E-state index in [9.17, 15) is 9.59 Å². The van der Waals surface area contributed by atoms with Gasteiger partial charge in [-0.2, -0.15) is 0 Å². The first-order valence-electron chi connectivity index (χ1n) is 11.4. The smallest absolute Gasteiger partial charge is 0.267 e. The van der Waals surface area contributed by atoms with E-state index in [0.29, 0.717) is 33.3 Å². The van der Waals surface area contributed by atoms with Crippen LogP contribution in [0.1, 0.15) is 16.7 Å². The maximum absolute atomic E-state index is 13.5. The van der Waals surface area contributed by atoms with Crippen molar-refractivity contribution < 1.29 is 9.53 Å². The second-order valence-corrected chi connectivity index (χ2v) is 9.55. The van der Waals surface area contributed by atoms with Gasteiger partial charge < -0.3 is 10.1 Å². The number of fused-ring (bicyclic) bond motifs is 3. The van der Waals surface area contributed by atoms with E-state index in [1.807, 2.05) is 79.8 Å². The molecule has 0 bridgehead atoms. The zero-order valence-corrected chi connectivity index (χ0v) is 21.2. The molecular formula is C27H25N5O3S. The van der Waals surface area contributed by atoms with Crippen molar-refractivity contribution in [2.24, 2.45) is 0 Å². The van der Waals surface area contributed by atoms with Crippen molar-refractivity contribution in [3.05, 3.63) is 87.7 Å². The second-order valence-electron chi connectivity index (χ2n) is 8.61. The molecular weight excluding hydrogens is 474 g/mol. The van der Waals surface area contributed by atoms with Gasteiger partial charge in [0, 0.05) is 0 Å². The highest BCUT2D eigenvalue weighted by Crippen LogP contribution is 2.27. The van der Waals surface area contributed by atoms with Gasteiger partial charge in [-0.05, 0) is 62.2 Å². The number of hydrogen-bond acceptors (Lipinski definition) is 6. The van der Waals surface area contributed by atoms with Crippen LogP contribution in [0, 0.1) is 20.8 Å². The molecule has 0 saturated heterocycles. The fourth-order valence-corrected chi connectivity index (χ4v) is 5.02. The summed E-state index contributed by atoms with van der Waals surface area (Å²) in [6.07, 6.45) is 0. The van der Waals surface area contributed by atoms with Gasteiger partial charge in [-0.1, -0.05) is 47.7 Å². The van der Waals surface area contributed by atoms with Crippen molar-refractivity contribution in [1.29, 1.82) is 0 Å². The van der Waals surface area contributed by atoms with Gasteiger partial charge in [0.15, 0.2) is 5.16 Å². The molecule has 1 N–H and O–H groups in total. The Morgan fingerprint density at radius 2 is 1.75 bits per heavy atom. The number of ether oxygens (including phenoxy) is 1. The minimum atomic E-state index is -0.201. The number of aromatic nitrogens is 4. The zero-order valence-electron chi connectivity index (χ0n) is 20.4. The number of methoxy groups -OCH3 is 1. The van der Waals surface area contributed by atoms with E-state index in [-0.39, 0.29) is 17.2 Å². The van der Waals surface area contributed by atoms with Gasteiger partial charge in [0.1, 0.15) is 5.75 Å². The molecule has 5 aromatic rings. The normalized spacial score (nSPS) is 11.2. The Morgan fingerprint density at radius 1 is 1.00 bits per heavy atom. The summed E-state index contributed by atoms with van der Waals surface area (Å²) < 4.78 is 8.78. The summed E-state index contributed by atoms with van der Waals surface area (Å²) in [4.78, 5) is 26.4. The van der Waals surface area contributed by atoms with E-state index < -0.39 is 0 Å². The van der Waals surface area contributed by atoms with Crippen molar-refractivity contribution >= 4 is 40.0 Å². The van der Waals surface area contributed by atoms with Gasteiger partial charge in [-0.15, -0.1) is 10.2 Å². The zero-order chi connectivity index (χ0) is 25.4. The van der Waals surface area contributed by atoms with Crippen LogP contribution in [0.5, 0.6) is 5.75 Å². The molecule has 0 unspecified atom stereocenters. The van der Waals surface area contributed by atoms with Crippen LogP contribution in [0.4, 0.5) is 5.69 Å². The van der Waals surface area contributed by atoms with Crippen molar-refractivity contribution in [2.45, 2.75) is 25.9 Å². The lowest BCUT2D eigenvalue weighted by molar-refractivity contribution is -0.113. The van der Waals surface area contributed by atoms with Crippen LogP contribution in [0.2, 0.25) is 0 Å². The third-order valence-corrected chi connectivity index (χ3v) is 6.88. The summed E-state index contributed by atoms with van der Waals surface area (Å²) in [6, 6.07) is 18.9. The lowest BCUT2D eigenvalue weighted by Gasteiger charge is -2.14. The maximum Gasteiger partial charge on any atom is 0.267 e. The molecule has 0 saturated carbocycles. The van der Waals surface area contributed by atoms with Crippen molar-refractivity contribution in [2.75, 3.05) is 18.2 Å². The molecule has 0 fully saturated rings. The number of para-hydroxylation sites is 1. The number of anilines is 1. The third kappa shape index (κ3) is 4.22. The molecule has 2 aromatic heterocycles. The largest absolute Gasteiger partial charge is 0.495 e. The van der Waals surface area contributed by atoms with E-state index in [0.717, 1.165) is 22.4 Å². The average molecular weight is 500 g/mol. The SMILES string of the molecule is COc1ccc(C)cc1NC(=O)CSc1nnc2n(-c3ccc(C)cc3C)c(=O)c3ccccc3n12. The number of carbonyl (C=O) groups is 1. The van der Waals surface area contributed by atoms with Crippen molar-refractivity contribution in [1.82, 2.24) is 19.2 Å². The summed E-state index contributed by atoms with van der Waals surface area (Å²) in [5, 5.41) is 12.7. The minimum Gasteiger partial charge on any atom is -0.495 e. The monoisotopic (exact) mass is 499 g/mol. The molecule has 9 heteroatoms. The van der Waals surface area contributed by atoms with Crippen LogP contribution >= 0.6 is 11.8 Å². The van der Waals surface area contributed by atoms with Crippen molar-refractivity contribution in [3.63, 3.8) is 0 Å². The highest BCUT2D eigenvalue weighted by Gasteiger charge is 2.20. The molecule has 182 valence electrons. The van der Waals surface area contributed by atoms with E-state index in [1.165, 1.54) is 11.8 Å². The second kappa shape index (κ2) is 9.50. The number of aryl methyl sites for hydroxylation is 3. The van der Waals surface area contributed by atoms with Gasteiger partial charge in [-0.3, -0.25) is 14.0 Å². The van der Waals surface area contributed by atoms with E-state index in [2.05, 4.69) is 15.5 Å². The highest BCUT2D eigenvalue weighted by molar-refractivity contribution is 7.99. The first kappa shape index (κ1) is 23.6. The molecule has 0 aliphatic rings. The average Bonchev–Trinajstić information content (AvgIpc) is 3.28. The van der Waals surface area contributed by atoms with Gasteiger partial charge in [0.25, 0.3) is 5.56 Å². The van der Waals surface area contributed by atoms with Crippen LogP contribution in [0.15, 0.2) is 70.6 Å². The molecule has 2 heterocycles.